The fraction of sp³-hybridized carbons (Fsp3) is 0.0606. The van der Waals surface area contributed by atoms with E-state index in [1.165, 1.54) is 16.8 Å². The average Bonchev–Trinajstić information content (AvgIpc) is 3.32. The average molecular weight is 477 g/mol. The summed E-state index contributed by atoms with van der Waals surface area (Å²) in [4.78, 5) is 17.1. The fourth-order valence-corrected chi connectivity index (χ4v) is 5.28. The zero-order valence-electron chi connectivity index (χ0n) is 20.2. The van der Waals surface area contributed by atoms with E-state index in [2.05, 4.69) is 71.7 Å². The highest BCUT2D eigenvalue weighted by atomic mass is 15.2. The minimum absolute atomic E-state index is 0.288. The van der Waals surface area contributed by atoms with Crippen molar-refractivity contribution in [1.29, 1.82) is 0 Å². The minimum atomic E-state index is 0.288. The lowest BCUT2D eigenvalue weighted by Crippen LogP contribution is -2.27. The second-order valence-corrected chi connectivity index (χ2v) is 9.28. The third-order valence-electron chi connectivity index (χ3n) is 7.00. The molecule has 1 aliphatic carbocycles. The molecule has 0 radical (unpaired) electrons. The van der Waals surface area contributed by atoms with Crippen LogP contribution in [0, 0.1) is 0 Å². The molecule has 0 fully saturated rings. The Morgan fingerprint density at radius 2 is 1.19 bits per heavy atom. The Hall–Kier alpha value is -4.83. The van der Waals surface area contributed by atoms with Crippen LogP contribution in [0.5, 0.6) is 0 Å². The zero-order valence-corrected chi connectivity index (χ0v) is 20.2. The van der Waals surface area contributed by atoms with Gasteiger partial charge in [-0.3, -0.25) is 0 Å². The molecule has 0 amide bonds. The van der Waals surface area contributed by atoms with Gasteiger partial charge in [-0.15, -0.1) is 0 Å². The van der Waals surface area contributed by atoms with Crippen LogP contribution >= 0.6 is 0 Å². The van der Waals surface area contributed by atoms with Crippen LogP contribution in [0.25, 0.3) is 39.7 Å². The van der Waals surface area contributed by atoms with E-state index in [0.29, 0.717) is 17.5 Å². The number of benzene rings is 4. The Morgan fingerprint density at radius 3 is 1.89 bits per heavy atom. The standard InChI is InChI=1S/C33H24N4/c1-3-12-23(13-4-1)31-34-32(24-14-5-2-6-15-24)36-33(35-31)25-16-11-17-26(22-25)37-29-20-9-7-18-27(29)28-19-8-10-21-30(28)37/h1-20,22,30H,21H2. The van der Waals surface area contributed by atoms with Gasteiger partial charge in [-0.25, -0.2) is 15.0 Å². The van der Waals surface area contributed by atoms with Crippen molar-refractivity contribution < 1.29 is 0 Å². The first kappa shape index (κ1) is 21.5. The normalized spacial score (nSPS) is 15.7. The molecule has 0 N–H and O–H groups in total. The Bertz CT molecular complexity index is 1600. The number of rotatable bonds is 4. The van der Waals surface area contributed by atoms with Crippen molar-refractivity contribution in [2.24, 2.45) is 0 Å². The molecule has 1 unspecified atom stereocenters. The molecule has 4 heteroatoms. The molecule has 1 atom stereocenters. The lowest BCUT2D eigenvalue weighted by molar-refractivity contribution is 0.829. The van der Waals surface area contributed by atoms with Crippen LogP contribution in [0.1, 0.15) is 12.0 Å². The molecule has 4 nitrogen and oxygen atoms in total. The maximum absolute atomic E-state index is 4.93. The van der Waals surface area contributed by atoms with Gasteiger partial charge in [-0.1, -0.05) is 109 Å². The molecule has 176 valence electrons. The van der Waals surface area contributed by atoms with Gasteiger partial charge in [0.2, 0.25) is 0 Å². The molecule has 0 saturated heterocycles. The summed E-state index contributed by atoms with van der Waals surface area (Å²) in [7, 11) is 0. The van der Waals surface area contributed by atoms with E-state index in [0.717, 1.165) is 28.8 Å². The molecule has 37 heavy (non-hydrogen) atoms. The highest BCUT2D eigenvalue weighted by Gasteiger charge is 2.34. The van der Waals surface area contributed by atoms with Crippen LogP contribution in [0.3, 0.4) is 0 Å². The third-order valence-corrected chi connectivity index (χ3v) is 7.00. The maximum Gasteiger partial charge on any atom is 0.164 e. The van der Waals surface area contributed by atoms with E-state index in [-0.39, 0.29) is 6.04 Å². The number of hydrogen-bond donors (Lipinski definition) is 0. The van der Waals surface area contributed by atoms with Gasteiger partial charge in [-0.05, 0) is 30.2 Å². The van der Waals surface area contributed by atoms with Crippen LogP contribution in [0.2, 0.25) is 0 Å². The summed E-state index contributed by atoms with van der Waals surface area (Å²) in [5, 5.41) is 0. The van der Waals surface area contributed by atoms with Gasteiger partial charge in [0, 0.05) is 33.6 Å². The lowest BCUT2D eigenvalue weighted by atomic mass is 9.96. The van der Waals surface area contributed by atoms with E-state index >= 15 is 0 Å². The summed E-state index contributed by atoms with van der Waals surface area (Å²) in [6, 6.07) is 37.7. The molecule has 2 heterocycles. The summed E-state index contributed by atoms with van der Waals surface area (Å²) in [6.07, 6.45) is 7.65. The van der Waals surface area contributed by atoms with E-state index in [4.69, 9.17) is 15.0 Å². The number of fused-ring (bicyclic) bond motifs is 3. The quantitative estimate of drug-likeness (QED) is 0.266. The van der Waals surface area contributed by atoms with Gasteiger partial charge in [0.1, 0.15) is 0 Å². The molecule has 1 aliphatic heterocycles. The number of para-hydroxylation sites is 1. The summed E-state index contributed by atoms with van der Waals surface area (Å²) in [5.74, 6) is 2.01. The number of aromatic nitrogens is 3. The predicted molar refractivity (Wildman–Crippen MR) is 150 cm³/mol. The van der Waals surface area contributed by atoms with Crippen molar-refractivity contribution >= 4 is 16.9 Å². The summed E-state index contributed by atoms with van der Waals surface area (Å²) < 4.78 is 0. The Kier molecular flexibility index (Phi) is 5.21. The van der Waals surface area contributed by atoms with Crippen LogP contribution in [0.4, 0.5) is 11.4 Å². The van der Waals surface area contributed by atoms with Gasteiger partial charge < -0.3 is 4.90 Å². The summed E-state index contributed by atoms with van der Waals surface area (Å²) >= 11 is 0. The van der Waals surface area contributed by atoms with Crippen LogP contribution in [0.15, 0.2) is 127 Å². The molecule has 1 aromatic heterocycles. The predicted octanol–water partition coefficient (Wildman–Crippen LogP) is 7.74. The van der Waals surface area contributed by atoms with Gasteiger partial charge in [0.05, 0.1) is 6.04 Å². The first-order chi connectivity index (χ1) is 18.3. The molecular formula is C33H24N4. The third kappa shape index (κ3) is 3.83. The van der Waals surface area contributed by atoms with E-state index in [1.807, 2.05) is 60.7 Å². The molecule has 7 rings (SSSR count). The first-order valence-corrected chi connectivity index (χ1v) is 12.6. The van der Waals surface area contributed by atoms with Gasteiger partial charge in [0.25, 0.3) is 0 Å². The molecule has 0 spiro atoms. The monoisotopic (exact) mass is 476 g/mol. The number of hydrogen-bond acceptors (Lipinski definition) is 4. The van der Waals surface area contributed by atoms with E-state index in [1.54, 1.807) is 0 Å². The molecule has 4 aromatic carbocycles. The SMILES string of the molecule is C1=CCC2C(=C1)c1ccccc1N2c1cccc(-c2nc(-c3ccccc3)nc(-c3ccccc3)n2)c1. The molecule has 0 saturated carbocycles. The summed E-state index contributed by atoms with van der Waals surface area (Å²) in [6.45, 7) is 0. The Balaban J connectivity index is 1.36. The fourth-order valence-electron chi connectivity index (χ4n) is 5.28. The Morgan fingerprint density at radius 1 is 0.595 bits per heavy atom. The lowest BCUT2D eigenvalue weighted by Gasteiger charge is -2.28. The van der Waals surface area contributed by atoms with Crippen molar-refractivity contribution in [2.45, 2.75) is 12.5 Å². The zero-order chi connectivity index (χ0) is 24.6. The van der Waals surface area contributed by atoms with Crippen molar-refractivity contribution in [3.63, 3.8) is 0 Å². The second kappa shape index (κ2) is 8.99. The minimum Gasteiger partial charge on any atom is -0.333 e. The van der Waals surface area contributed by atoms with Crippen molar-refractivity contribution in [3.8, 4) is 34.2 Å². The smallest absolute Gasteiger partial charge is 0.164 e. The van der Waals surface area contributed by atoms with Gasteiger partial charge in [0.15, 0.2) is 17.5 Å². The van der Waals surface area contributed by atoms with E-state index in [9.17, 15) is 0 Å². The van der Waals surface area contributed by atoms with Crippen LogP contribution < -0.4 is 4.90 Å². The van der Waals surface area contributed by atoms with Crippen molar-refractivity contribution in [1.82, 2.24) is 15.0 Å². The molecule has 0 bridgehead atoms. The van der Waals surface area contributed by atoms with Crippen LogP contribution in [-0.2, 0) is 0 Å². The summed E-state index contributed by atoms with van der Waals surface area (Å²) in [5.41, 5.74) is 7.97. The highest BCUT2D eigenvalue weighted by molar-refractivity contribution is 5.93. The molecule has 5 aromatic rings. The van der Waals surface area contributed by atoms with Gasteiger partial charge in [-0.2, -0.15) is 0 Å². The molecule has 2 aliphatic rings. The number of allylic oxidation sites excluding steroid dienone is 2. The number of anilines is 2. The first-order valence-electron chi connectivity index (χ1n) is 12.6. The van der Waals surface area contributed by atoms with Crippen LogP contribution in [-0.4, -0.2) is 21.0 Å². The molecular weight excluding hydrogens is 452 g/mol. The van der Waals surface area contributed by atoms with E-state index < -0.39 is 0 Å². The van der Waals surface area contributed by atoms with Crippen molar-refractivity contribution in [2.75, 3.05) is 4.90 Å². The largest absolute Gasteiger partial charge is 0.333 e. The number of nitrogens with zero attached hydrogens (tertiary/aromatic N) is 4. The highest BCUT2D eigenvalue weighted by Crippen LogP contribution is 2.47. The maximum atomic E-state index is 4.93. The second-order valence-electron chi connectivity index (χ2n) is 9.28. The Labute approximate surface area is 216 Å². The van der Waals surface area contributed by atoms with Crippen molar-refractivity contribution in [3.05, 3.63) is 133 Å². The topological polar surface area (TPSA) is 41.9 Å². The van der Waals surface area contributed by atoms with Gasteiger partial charge >= 0.3 is 0 Å².